The molecule has 0 aliphatic heterocycles. The SMILES string of the molecule is Cc1ccccc1NC(=S)Nc1ccn(Cc2ccccc2Cl)n1. The molecule has 122 valence electrons. The maximum atomic E-state index is 6.18. The summed E-state index contributed by atoms with van der Waals surface area (Å²) in [6.07, 6.45) is 1.89. The number of rotatable bonds is 4. The number of aryl methyl sites for hydroxylation is 1. The van der Waals surface area contributed by atoms with Gasteiger partial charge < -0.3 is 10.6 Å². The van der Waals surface area contributed by atoms with Crippen LogP contribution in [0.2, 0.25) is 5.02 Å². The molecule has 24 heavy (non-hydrogen) atoms. The normalized spacial score (nSPS) is 10.4. The van der Waals surface area contributed by atoms with Crippen LogP contribution in [0.1, 0.15) is 11.1 Å². The summed E-state index contributed by atoms with van der Waals surface area (Å²) in [4.78, 5) is 0. The first-order valence-corrected chi connectivity index (χ1v) is 8.31. The van der Waals surface area contributed by atoms with Crippen molar-refractivity contribution < 1.29 is 0 Å². The van der Waals surface area contributed by atoms with Gasteiger partial charge in [-0.3, -0.25) is 4.68 Å². The van der Waals surface area contributed by atoms with Gasteiger partial charge in [0.25, 0.3) is 0 Å². The van der Waals surface area contributed by atoms with Crippen LogP contribution in [0.5, 0.6) is 0 Å². The summed E-state index contributed by atoms with van der Waals surface area (Å²) in [5.74, 6) is 0.688. The number of aromatic nitrogens is 2. The number of hydrogen-bond donors (Lipinski definition) is 2. The summed E-state index contributed by atoms with van der Waals surface area (Å²) in [7, 11) is 0. The third-order valence-corrected chi connectivity index (χ3v) is 4.14. The van der Waals surface area contributed by atoms with E-state index in [0.29, 0.717) is 17.5 Å². The zero-order valence-electron chi connectivity index (χ0n) is 13.2. The van der Waals surface area contributed by atoms with Crippen LogP contribution in [0.4, 0.5) is 11.5 Å². The number of anilines is 2. The Balaban J connectivity index is 1.63. The topological polar surface area (TPSA) is 41.9 Å². The zero-order chi connectivity index (χ0) is 16.9. The average molecular weight is 357 g/mol. The molecule has 6 heteroatoms. The molecule has 4 nitrogen and oxygen atoms in total. The van der Waals surface area contributed by atoms with Crippen LogP contribution < -0.4 is 10.6 Å². The van der Waals surface area contributed by atoms with Gasteiger partial charge in [0.05, 0.1) is 6.54 Å². The van der Waals surface area contributed by atoms with Gasteiger partial charge in [-0.05, 0) is 42.4 Å². The van der Waals surface area contributed by atoms with Crippen molar-refractivity contribution in [3.63, 3.8) is 0 Å². The first-order valence-electron chi connectivity index (χ1n) is 7.52. The van der Waals surface area contributed by atoms with Gasteiger partial charge in [0.15, 0.2) is 10.9 Å². The Bertz CT molecular complexity index is 859. The molecular formula is C18H17ClN4S. The molecule has 1 heterocycles. The zero-order valence-corrected chi connectivity index (χ0v) is 14.7. The Morgan fingerprint density at radius 1 is 1.08 bits per heavy atom. The summed E-state index contributed by atoms with van der Waals surface area (Å²) >= 11 is 11.5. The molecule has 0 unspecified atom stereocenters. The lowest BCUT2D eigenvalue weighted by atomic mass is 10.2. The first-order chi connectivity index (χ1) is 11.6. The summed E-state index contributed by atoms with van der Waals surface area (Å²) in [6.45, 7) is 2.64. The van der Waals surface area contributed by atoms with Crippen molar-refractivity contribution in [3.05, 3.63) is 76.9 Å². The molecule has 0 fully saturated rings. The van der Waals surface area contributed by atoms with Crippen molar-refractivity contribution in [3.8, 4) is 0 Å². The quantitative estimate of drug-likeness (QED) is 0.665. The predicted octanol–water partition coefficient (Wildman–Crippen LogP) is 4.70. The number of nitrogens with zero attached hydrogens (tertiary/aromatic N) is 2. The van der Waals surface area contributed by atoms with Gasteiger partial charge in [-0.15, -0.1) is 0 Å². The molecule has 3 aromatic rings. The Kier molecular flexibility index (Phi) is 5.13. The van der Waals surface area contributed by atoms with Crippen LogP contribution in [-0.4, -0.2) is 14.9 Å². The van der Waals surface area contributed by atoms with E-state index < -0.39 is 0 Å². The number of halogens is 1. The number of para-hydroxylation sites is 1. The van der Waals surface area contributed by atoms with E-state index in [1.54, 1.807) is 0 Å². The third-order valence-electron chi connectivity index (χ3n) is 3.57. The van der Waals surface area contributed by atoms with Gasteiger partial charge in [-0.1, -0.05) is 48.0 Å². The first kappa shape index (κ1) is 16.5. The van der Waals surface area contributed by atoms with Gasteiger partial charge in [-0.25, -0.2) is 0 Å². The van der Waals surface area contributed by atoms with E-state index >= 15 is 0 Å². The van der Waals surface area contributed by atoms with Crippen molar-refractivity contribution >= 4 is 40.4 Å². The van der Waals surface area contributed by atoms with E-state index in [1.165, 1.54) is 0 Å². The lowest BCUT2D eigenvalue weighted by Gasteiger charge is -2.10. The van der Waals surface area contributed by atoms with Crippen molar-refractivity contribution in [1.82, 2.24) is 9.78 Å². The van der Waals surface area contributed by atoms with Gasteiger partial charge in [-0.2, -0.15) is 5.10 Å². The van der Waals surface area contributed by atoms with Crippen molar-refractivity contribution in [2.24, 2.45) is 0 Å². The summed E-state index contributed by atoms with van der Waals surface area (Å²) in [6, 6.07) is 17.6. The minimum Gasteiger partial charge on any atom is -0.332 e. The van der Waals surface area contributed by atoms with E-state index in [2.05, 4.69) is 15.7 Å². The van der Waals surface area contributed by atoms with E-state index in [1.807, 2.05) is 72.4 Å². The Morgan fingerprint density at radius 3 is 2.62 bits per heavy atom. The third kappa shape index (κ3) is 4.13. The lowest BCUT2D eigenvalue weighted by Crippen LogP contribution is -2.20. The minimum atomic E-state index is 0.507. The maximum absolute atomic E-state index is 6.18. The predicted molar refractivity (Wildman–Crippen MR) is 104 cm³/mol. The fourth-order valence-electron chi connectivity index (χ4n) is 2.30. The minimum absolute atomic E-state index is 0.507. The Labute approximate surface area is 151 Å². The van der Waals surface area contributed by atoms with E-state index in [0.717, 1.165) is 21.8 Å². The highest BCUT2D eigenvalue weighted by atomic mass is 35.5. The van der Waals surface area contributed by atoms with Crippen molar-refractivity contribution in [1.29, 1.82) is 0 Å². The van der Waals surface area contributed by atoms with Crippen LogP contribution in [-0.2, 0) is 6.54 Å². The second-order valence-corrected chi connectivity index (χ2v) is 6.20. The molecule has 0 atom stereocenters. The van der Waals surface area contributed by atoms with Gasteiger partial charge in [0.2, 0.25) is 0 Å². The standard InChI is InChI=1S/C18H17ClN4S/c1-13-6-2-5-9-16(13)20-18(24)21-17-10-11-23(22-17)12-14-7-3-4-8-15(14)19/h2-11H,12H2,1H3,(H2,20,21,22,24). The molecule has 0 aliphatic carbocycles. The Morgan fingerprint density at radius 2 is 1.83 bits per heavy atom. The highest BCUT2D eigenvalue weighted by Crippen LogP contribution is 2.17. The molecule has 0 saturated heterocycles. The van der Waals surface area contributed by atoms with Crippen LogP contribution in [0.25, 0.3) is 0 Å². The van der Waals surface area contributed by atoms with Crippen LogP contribution in [0.15, 0.2) is 60.8 Å². The molecule has 2 N–H and O–H groups in total. The van der Waals surface area contributed by atoms with E-state index in [9.17, 15) is 0 Å². The molecular weight excluding hydrogens is 340 g/mol. The van der Waals surface area contributed by atoms with Gasteiger partial charge >= 0.3 is 0 Å². The Hall–Kier alpha value is -2.37. The van der Waals surface area contributed by atoms with Crippen molar-refractivity contribution in [2.75, 3.05) is 10.6 Å². The monoisotopic (exact) mass is 356 g/mol. The number of nitrogens with one attached hydrogen (secondary N) is 2. The fraction of sp³-hybridized carbons (Fsp3) is 0.111. The highest BCUT2D eigenvalue weighted by Gasteiger charge is 2.05. The summed E-state index contributed by atoms with van der Waals surface area (Å²) < 4.78 is 1.82. The lowest BCUT2D eigenvalue weighted by molar-refractivity contribution is 0.690. The van der Waals surface area contributed by atoms with Crippen LogP contribution in [0, 0.1) is 6.92 Å². The van der Waals surface area contributed by atoms with Crippen molar-refractivity contribution in [2.45, 2.75) is 13.5 Å². The molecule has 0 aliphatic rings. The maximum Gasteiger partial charge on any atom is 0.176 e. The number of thiocarbonyl (C=S) groups is 1. The molecule has 3 rings (SSSR count). The van der Waals surface area contributed by atoms with Gasteiger partial charge in [0.1, 0.15) is 0 Å². The number of benzene rings is 2. The van der Waals surface area contributed by atoms with E-state index in [4.69, 9.17) is 23.8 Å². The average Bonchev–Trinajstić information content (AvgIpc) is 2.99. The number of hydrogen-bond acceptors (Lipinski definition) is 2. The molecule has 0 spiro atoms. The second-order valence-electron chi connectivity index (χ2n) is 5.38. The van der Waals surface area contributed by atoms with Crippen LogP contribution in [0.3, 0.4) is 0 Å². The molecule has 2 aromatic carbocycles. The second kappa shape index (κ2) is 7.47. The molecule has 1 aromatic heterocycles. The van der Waals surface area contributed by atoms with Crippen LogP contribution >= 0.6 is 23.8 Å². The fourth-order valence-corrected chi connectivity index (χ4v) is 2.71. The summed E-state index contributed by atoms with van der Waals surface area (Å²) in [5.41, 5.74) is 3.13. The largest absolute Gasteiger partial charge is 0.332 e. The van der Waals surface area contributed by atoms with E-state index in [-0.39, 0.29) is 0 Å². The smallest absolute Gasteiger partial charge is 0.176 e. The molecule has 0 saturated carbocycles. The molecule has 0 bridgehead atoms. The molecule has 0 amide bonds. The van der Waals surface area contributed by atoms with Gasteiger partial charge in [0, 0.05) is 23.0 Å². The summed E-state index contributed by atoms with van der Waals surface area (Å²) in [5, 5.41) is 12.0. The molecule has 0 radical (unpaired) electrons. The highest BCUT2D eigenvalue weighted by molar-refractivity contribution is 7.80.